The molecule has 1 heterocycles. The van der Waals surface area contributed by atoms with Crippen LogP contribution in [0.15, 0.2) is 54.6 Å². The molecule has 0 bridgehead atoms. The maximum absolute atomic E-state index is 5.34. The van der Waals surface area contributed by atoms with E-state index in [-0.39, 0.29) is 29.6 Å². The number of imidazole rings is 1. The van der Waals surface area contributed by atoms with Crippen molar-refractivity contribution in [2.75, 3.05) is 0 Å². The molecular weight excluding hydrogens is 239 g/mol. The Morgan fingerprint density at radius 3 is 2.29 bits per heavy atom. The fraction of sp³-hybridized carbons (Fsp3) is 0. The van der Waals surface area contributed by atoms with Crippen molar-refractivity contribution < 1.29 is 0 Å². The Kier molecular flexibility index (Phi) is 3.84. The van der Waals surface area contributed by atoms with Crippen LogP contribution in [-0.4, -0.2) is 39.1 Å². The van der Waals surface area contributed by atoms with Crippen LogP contribution in [0.5, 0.6) is 0 Å². The van der Waals surface area contributed by atoms with E-state index in [1.54, 1.807) is 0 Å². The van der Waals surface area contributed by atoms with Crippen molar-refractivity contribution >= 4 is 52.8 Å². The van der Waals surface area contributed by atoms with Gasteiger partial charge in [-0.1, -0.05) is 30.3 Å². The fourth-order valence-corrected chi connectivity index (χ4v) is 2.20. The summed E-state index contributed by atoms with van der Waals surface area (Å²) in [5.74, 6) is 0. The van der Waals surface area contributed by atoms with E-state index in [2.05, 4.69) is 23.2 Å². The van der Waals surface area contributed by atoms with Gasteiger partial charge in [0.15, 0.2) is 4.77 Å². The van der Waals surface area contributed by atoms with Crippen molar-refractivity contribution in [2.45, 2.75) is 0 Å². The van der Waals surface area contributed by atoms with Gasteiger partial charge >= 0.3 is 0 Å². The van der Waals surface area contributed by atoms with Gasteiger partial charge in [-0.05, 0) is 36.5 Å². The largest absolute Gasteiger partial charge is 0.330 e. The number of aromatic amines is 1. The van der Waals surface area contributed by atoms with Gasteiger partial charge in [-0.25, -0.2) is 0 Å². The molecule has 1 N–H and O–H groups in total. The monoisotopic (exact) mass is 249 g/mol. The first-order valence-electron chi connectivity index (χ1n) is 5.11. The van der Waals surface area contributed by atoms with Crippen LogP contribution in [0, 0.1) is 4.77 Å². The van der Waals surface area contributed by atoms with Gasteiger partial charge in [-0.3, -0.25) is 4.57 Å². The number of nitrogens with zero attached hydrogens (tertiary/aromatic N) is 1. The minimum atomic E-state index is 0. The maximum Gasteiger partial charge on any atom is 0.182 e. The summed E-state index contributed by atoms with van der Waals surface area (Å²) >= 11 is 5.34. The minimum absolute atomic E-state index is 0. The first kappa shape index (κ1) is 12.6. The average molecular weight is 249 g/mol. The van der Waals surface area contributed by atoms with E-state index in [1.807, 2.05) is 41.0 Å². The second-order valence-electron chi connectivity index (χ2n) is 3.62. The number of aromatic nitrogens is 2. The molecule has 0 saturated carbocycles. The molecule has 3 rings (SSSR count). The number of benzene rings is 2. The molecule has 2 nitrogen and oxygen atoms in total. The molecule has 1 radical (unpaired) electrons. The van der Waals surface area contributed by atoms with Gasteiger partial charge in [0.2, 0.25) is 0 Å². The molecule has 0 aliphatic rings. The quantitative estimate of drug-likeness (QED) is 0.518. The van der Waals surface area contributed by atoms with Gasteiger partial charge in [-0.15, -0.1) is 0 Å². The standard InChI is InChI=1S/C13H10N2S.Na/c16-13-14-11-8-4-5-9-12(11)15(13)10-6-2-1-3-7-10;/h1-9H,(H,14,16);. The molecule has 0 unspecified atom stereocenters. The van der Waals surface area contributed by atoms with Crippen LogP contribution >= 0.6 is 12.2 Å². The van der Waals surface area contributed by atoms with Gasteiger partial charge in [0, 0.05) is 35.2 Å². The Bertz CT molecular complexity index is 685. The molecule has 0 atom stereocenters. The molecule has 2 aromatic carbocycles. The van der Waals surface area contributed by atoms with E-state index in [0.717, 1.165) is 21.5 Å². The van der Waals surface area contributed by atoms with Crippen molar-refractivity contribution in [3.05, 3.63) is 59.4 Å². The number of H-pyrrole nitrogens is 1. The van der Waals surface area contributed by atoms with E-state index in [9.17, 15) is 0 Å². The number of nitrogens with one attached hydrogen (secondary N) is 1. The second-order valence-corrected chi connectivity index (χ2v) is 4.00. The zero-order valence-corrected chi connectivity index (χ0v) is 12.4. The first-order valence-corrected chi connectivity index (χ1v) is 5.52. The normalized spacial score (nSPS) is 10.1. The zero-order valence-electron chi connectivity index (χ0n) is 9.55. The Labute approximate surface area is 127 Å². The number of para-hydroxylation sites is 3. The molecule has 4 heteroatoms. The molecular formula is C13H10N2NaS. The molecule has 3 aromatic rings. The van der Waals surface area contributed by atoms with Crippen LogP contribution in [0.1, 0.15) is 0 Å². The molecule has 0 fully saturated rings. The Morgan fingerprint density at radius 2 is 1.53 bits per heavy atom. The SMILES string of the molecule is S=c1[nH]c2ccccc2n1-c1ccccc1.[Na]. The second kappa shape index (κ2) is 5.19. The van der Waals surface area contributed by atoms with E-state index >= 15 is 0 Å². The average Bonchev–Trinajstić information content (AvgIpc) is 2.66. The van der Waals surface area contributed by atoms with Crippen LogP contribution < -0.4 is 0 Å². The van der Waals surface area contributed by atoms with Crippen molar-refractivity contribution in [1.29, 1.82) is 0 Å². The zero-order chi connectivity index (χ0) is 11.0. The van der Waals surface area contributed by atoms with Gasteiger partial charge in [0.1, 0.15) is 0 Å². The summed E-state index contributed by atoms with van der Waals surface area (Å²) in [5.41, 5.74) is 3.26. The first-order chi connectivity index (χ1) is 7.86. The smallest absolute Gasteiger partial charge is 0.182 e. The number of hydrogen-bond donors (Lipinski definition) is 1. The number of hydrogen-bond acceptors (Lipinski definition) is 1. The van der Waals surface area contributed by atoms with E-state index in [4.69, 9.17) is 12.2 Å². The molecule has 17 heavy (non-hydrogen) atoms. The van der Waals surface area contributed by atoms with Crippen molar-refractivity contribution in [1.82, 2.24) is 9.55 Å². The van der Waals surface area contributed by atoms with Crippen molar-refractivity contribution in [3.63, 3.8) is 0 Å². The maximum atomic E-state index is 5.34. The van der Waals surface area contributed by atoms with Crippen molar-refractivity contribution in [2.24, 2.45) is 0 Å². The molecule has 1 aromatic heterocycles. The summed E-state index contributed by atoms with van der Waals surface area (Å²) in [5, 5.41) is 0. The number of rotatable bonds is 1. The molecule has 0 amide bonds. The third kappa shape index (κ3) is 2.24. The predicted octanol–water partition coefficient (Wildman–Crippen LogP) is 3.31. The van der Waals surface area contributed by atoms with E-state index in [0.29, 0.717) is 0 Å². The van der Waals surface area contributed by atoms with Crippen LogP contribution in [0.3, 0.4) is 0 Å². The molecule has 79 valence electrons. The van der Waals surface area contributed by atoms with Gasteiger partial charge in [-0.2, -0.15) is 0 Å². The topological polar surface area (TPSA) is 20.7 Å². The van der Waals surface area contributed by atoms with Gasteiger partial charge in [0.05, 0.1) is 11.0 Å². The minimum Gasteiger partial charge on any atom is -0.330 e. The van der Waals surface area contributed by atoms with Crippen molar-refractivity contribution in [3.8, 4) is 5.69 Å². The summed E-state index contributed by atoms with van der Waals surface area (Å²) in [4.78, 5) is 3.20. The third-order valence-electron chi connectivity index (χ3n) is 2.60. The predicted molar refractivity (Wildman–Crippen MR) is 74.2 cm³/mol. The van der Waals surface area contributed by atoms with Gasteiger partial charge < -0.3 is 4.98 Å². The summed E-state index contributed by atoms with van der Waals surface area (Å²) in [6.45, 7) is 0. The summed E-state index contributed by atoms with van der Waals surface area (Å²) in [6, 6.07) is 18.2. The Balaban J connectivity index is 0.00000108. The summed E-state index contributed by atoms with van der Waals surface area (Å²) < 4.78 is 2.78. The van der Waals surface area contributed by atoms with Gasteiger partial charge in [0.25, 0.3) is 0 Å². The van der Waals surface area contributed by atoms with E-state index in [1.165, 1.54) is 0 Å². The summed E-state index contributed by atoms with van der Waals surface area (Å²) in [6.07, 6.45) is 0. The molecule has 0 aliphatic heterocycles. The van der Waals surface area contributed by atoms with Crippen LogP contribution in [-0.2, 0) is 0 Å². The Morgan fingerprint density at radius 1 is 0.882 bits per heavy atom. The van der Waals surface area contributed by atoms with Crippen LogP contribution in [0.4, 0.5) is 0 Å². The molecule has 0 saturated heterocycles. The number of fused-ring (bicyclic) bond motifs is 1. The summed E-state index contributed by atoms with van der Waals surface area (Å²) in [7, 11) is 0. The molecule has 0 spiro atoms. The Hall–Kier alpha value is -0.870. The fourth-order valence-electron chi connectivity index (χ4n) is 1.89. The third-order valence-corrected chi connectivity index (χ3v) is 2.89. The van der Waals surface area contributed by atoms with E-state index < -0.39 is 0 Å². The van der Waals surface area contributed by atoms with Crippen LogP contribution in [0.25, 0.3) is 16.7 Å². The molecule has 0 aliphatic carbocycles. The van der Waals surface area contributed by atoms with Crippen LogP contribution in [0.2, 0.25) is 0 Å².